The molecule has 0 fully saturated rings. The van der Waals surface area contributed by atoms with Crippen LogP contribution in [0.2, 0.25) is 5.02 Å². The molecular formula is C21H21ClN6O2. The SMILES string of the molecule is COC[C@@H](C)Oc1ccc(-c2nnc(Cn3nccn3)n2-c2ccc(Cl)cc2)cc1. The Kier molecular flexibility index (Phi) is 6.06. The van der Waals surface area contributed by atoms with Crippen LogP contribution in [0.25, 0.3) is 17.1 Å². The summed E-state index contributed by atoms with van der Waals surface area (Å²) in [5.41, 5.74) is 1.81. The summed E-state index contributed by atoms with van der Waals surface area (Å²) in [5.74, 6) is 2.18. The summed E-state index contributed by atoms with van der Waals surface area (Å²) in [6.07, 6.45) is 3.23. The largest absolute Gasteiger partial charge is 0.488 e. The van der Waals surface area contributed by atoms with E-state index < -0.39 is 0 Å². The zero-order valence-electron chi connectivity index (χ0n) is 16.6. The minimum atomic E-state index is -0.0354. The normalized spacial score (nSPS) is 12.1. The van der Waals surface area contributed by atoms with Gasteiger partial charge < -0.3 is 9.47 Å². The molecule has 2 heterocycles. The molecule has 0 spiro atoms. The zero-order valence-corrected chi connectivity index (χ0v) is 17.4. The Morgan fingerprint density at radius 3 is 2.33 bits per heavy atom. The first-order chi connectivity index (χ1) is 14.6. The predicted molar refractivity (Wildman–Crippen MR) is 113 cm³/mol. The topological polar surface area (TPSA) is 79.9 Å². The Hall–Kier alpha value is -3.23. The molecule has 0 saturated heterocycles. The molecule has 0 unspecified atom stereocenters. The second-order valence-corrected chi connectivity index (χ2v) is 7.16. The molecule has 2 aromatic carbocycles. The molecule has 4 aromatic rings. The molecule has 9 heteroatoms. The quantitative estimate of drug-likeness (QED) is 0.429. The summed E-state index contributed by atoms with van der Waals surface area (Å²) in [6, 6.07) is 15.3. The number of halogens is 1. The summed E-state index contributed by atoms with van der Waals surface area (Å²) in [5, 5.41) is 17.8. The first kappa shape index (κ1) is 20.1. The monoisotopic (exact) mass is 424 g/mol. The molecule has 0 radical (unpaired) electrons. The van der Waals surface area contributed by atoms with Crippen molar-refractivity contribution in [1.82, 2.24) is 29.8 Å². The van der Waals surface area contributed by atoms with Crippen LogP contribution in [0.4, 0.5) is 0 Å². The molecule has 2 aromatic heterocycles. The standard InChI is InChI=1S/C21H21ClN6O2/c1-15(14-29-2)30-19-9-3-16(4-10-19)21-26-25-20(13-27-23-11-12-24-27)28(21)18-7-5-17(22)6-8-18/h3-12,15H,13-14H2,1-2H3/t15-/m1/s1. The average Bonchev–Trinajstić information content (AvgIpc) is 3.40. The summed E-state index contributed by atoms with van der Waals surface area (Å²) in [6.45, 7) is 2.87. The number of nitrogens with zero attached hydrogens (tertiary/aromatic N) is 6. The van der Waals surface area contributed by atoms with Crippen molar-refractivity contribution >= 4 is 11.6 Å². The van der Waals surface area contributed by atoms with E-state index in [-0.39, 0.29) is 6.10 Å². The van der Waals surface area contributed by atoms with Crippen LogP contribution in [-0.4, -0.2) is 49.6 Å². The van der Waals surface area contributed by atoms with Gasteiger partial charge in [-0.25, -0.2) is 0 Å². The zero-order chi connectivity index (χ0) is 20.9. The van der Waals surface area contributed by atoms with Gasteiger partial charge in [-0.3, -0.25) is 4.57 Å². The third-order valence-corrected chi connectivity index (χ3v) is 4.67. The fourth-order valence-corrected chi connectivity index (χ4v) is 3.23. The lowest BCUT2D eigenvalue weighted by Crippen LogP contribution is -2.17. The van der Waals surface area contributed by atoms with Crippen LogP contribution in [0, 0.1) is 0 Å². The van der Waals surface area contributed by atoms with E-state index in [1.807, 2.05) is 60.0 Å². The number of methoxy groups -OCH3 is 1. The maximum atomic E-state index is 6.08. The highest BCUT2D eigenvalue weighted by Crippen LogP contribution is 2.26. The first-order valence-corrected chi connectivity index (χ1v) is 9.82. The maximum Gasteiger partial charge on any atom is 0.168 e. The van der Waals surface area contributed by atoms with Crippen LogP contribution in [0.3, 0.4) is 0 Å². The maximum absolute atomic E-state index is 6.08. The van der Waals surface area contributed by atoms with Gasteiger partial charge in [-0.05, 0) is 55.5 Å². The van der Waals surface area contributed by atoms with E-state index in [4.69, 9.17) is 21.1 Å². The van der Waals surface area contributed by atoms with Gasteiger partial charge in [-0.1, -0.05) is 11.6 Å². The molecular weight excluding hydrogens is 404 g/mol. The van der Waals surface area contributed by atoms with Crippen molar-refractivity contribution in [3.63, 3.8) is 0 Å². The molecule has 0 saturated carbocycles. The molecule has 0 N–H and O–H groups in total. The fourth-order valence-electron chi connectivity index (χ4n) is 3.10. The molecule has 0 amide bonds. The minimum Gasteiger partial charge on any atom is -0.488 e. The van der Waals surface area contributed by atoms with E-state index in [0.717, 1.165) is 17.0 Å². The Morgan fingerprint density at radius 1 is 0.967 bits per heavy atom. The Balaban J connectivity index is 1.69. The van der Waals surface area contributed by atoms with E-state index in [2.05, 4.69) is 20.4 Å². The van der Waals surface area contributed by atoms with Gasteiger partial charge in [0.1, 0.15) is 18.4 Å². The Labute approximate surface area is 179 Å². The van der Waals surface area contributed by atoms with Gasteiger partial charge in [-0.15, -0.1) is 10.2 Å². The summed E-state index contributed by atoms with van der Waals surface area (Å²) >= 11 is 6.08. The van der Waals surface area contributed by atoms with Crippen LogP contribution < -0.4 is 4.74 Å². The number of benzene rings is 2. The van der Waals surface area contributed by atoms with Gasteiger partial charge in [0.05, 0.1) is 19.0 Å². The van der Waals surface area contributed by atoms with Gasteiger partial charge in [0.2, 0.25) is 0 Å². The summed E-state index contributed by atoms with van der Waals surface area (Å²) < 4.78 is 12.9. The highest BCUT2D eigenvalue weighted by Gasteiger charge is 2.17. The van der Waals surface area contributed by atoms with Crippen molar-refractivity contribution in [2.24, 2.45) is 0 Å². The first-order valence-electron chi connectivity index (χ1n) is 9.44. The van der Waals surface area contributed by atoms with Crippen molar-refractivity contribution in [2.75, 3.05) is 13.7 Å². The molecule has 0 aliphatic heterocycles. The van der Waals surface area contributed by atoms with Crippen LogP contribution in [-0.2, 0) is 11.3 Å². The van der Waals surface area contributed by atoms with Crippen LogP contribution in [0.15, 0.2) is 60.9 Å². The van der Waals surface area contributed by atoms with Gasteiger partial charge in [0, 0.05) is 23.4 Å². The molecule has 30 heavy (non-hydrogen) atoms. The number of ether oxygens (including phenoxy) is 2. The van der Waals surface area contributed by atoms with Gasteiger partial charge in [-0.2, -0.15) is 15.0 Å². The number of hydrogen-bond acceptors (Lipinski definition) is 6. The summed E-state index contributed by atoms with van der Waals surface area (Å²) in [4.78, 5) is 1.56. The van der Waals surface area contributed by atoms with E-state index in [1.165, 1.54) is 0 Å². The van der Waals surface area contributed by atoms with Gasteiger partial charge in [0.15, 0.2) is 11.6 Å². The number of rotatable bonds is 8. The lowest BCUT2D eigenvalue weighted by atomic mass is 10.2. The van der Waals surface area contributed by atoms with Crippen molar-refractivity contribution in [3.05, 3.63) is 71.8 Å². The smallest absolute Gasteiger partial charge is 0.168 e. The average molecular weight is 425 g/mol. The molecule has 0 aliphatic rings. The third-order valence-electron chi connectivity index (χ3n) is 4.42. The second-order valence-electron chi connectivity index (χ2n) is 6.72. The lowest BCUT2D eigenvalue weighted by molar-refractivity contribution is 0.0921. The highest BCUT2D eigenvalue weighted by atomic mass is 35.5. The van der Waals surface area contributed by atoms with Gasteiger partial charge in [0.25, 0.3) is 0 Å². The lowest BCUT2D eigenvalue weighted by Gasteiger charge is -2.14. The van der Waals surface area contributed by atoms with Crippen molar-refractivity contribution < 1.29 is 9.47 Å². The van der Waals surface area contributed by atoms with Crippen molar-refractivity contribution in [3.8, 4) is 22.8 Å². The molecule has 4 rings (SSSR count). The van der Waals surface area contributed by atoms with Gasteiger partial charge >= 0.3 is 0 Å². The highest BCUT2D eigenvalue weighted by molar-refractivity contribution is 6.30. The fraction of sp³-hybridized carbons (Fsp3) is 0.238. The Bertz CT molecular complexity index is 1080. The summed E-state index contributed by atoms with van der Waals surface area (Å²) in [7, 11) is 1.66. The third kappa shape index (κ3) is 4.50. The van der Waals surface area contributed by atoms with Crippen molar-refractivity contribution in [1.29, 1.82) is 0 Å². The van der Waals surface area contributed by atoms with E-state index in [1.54, 1.807) is 24.3 Å². The van der Waals surface area contributed by atoms with E-state index >= 15 is 0 Å². The number of hydrogen-bond donors (Lipinski definition) is 0. The van der Waals surface area contributed by atoms with E-state index in [0.29, 0.717) is 29.8 Å². The van der Waals surface area contributed by atoms with E-state index in [9.17, 15) is 0 Å². The Morgan fingerprint density at radius 2 is 1.67 bits per heavy atom. The molecule has 154 valence electrons. The van der Waals surface area contributed by atoms with Crippen LogP contribution in [0.5, 0.6) is 5.75 Å². The molecule has 0 bridgehead atoms. The second kappa shape index (κ2) is 9.06. The molecule has 0 aliphatic carbocycles. The van der Waals surface area contributed by atoms with Crippen LogP contribution in [0.1, 0.15) is 12.7 Å². The molecule has 8 nitrogen and oxygen atoms in total. The molecule has 1 atom stereocenters. The van der Waals surface area contributed by atoms with Crippen molar-refractivity contribution in [2.45, 2.75) is 19.6 Å². The minimum absolute atomic E-state index is 0.0354. The van der Waals surface area contributed by atoms with Crippen LogP contribution >= 0.6 is 11.6 Å². The number of aromatic nitrogens is 6. The predicted octanol–water partition coefficient (Wildman–Crippen LogP) is 3.64.